The highest BCUT2D eigenvalue weighted by atomic mass is 19.4. The molecule has 2 rings (SSSR count). The second kappa shape index (κ2) is 4.97. The van der Waals surface area contributed by atoms with E-state index in [2.05, 4.69) is 9.97 Å². The minimum Gasteiger partial charge on any atom is -0.368 e. The third-order valence-corrected chi connectivity index (χ3v) is 2.76. The van der Waals surface area contributed by atoms with Gasteiger partial charge in [0.2, 0.25) is 5.95 Å². The molecule has 0 saturated carbocycles. The molecule has 1 saturated heterocycles. The number of nitrogen functional groups attached to an aromatic ring is 1. The molecule has 100 valence electrons. The van der Waals surface area contributed by atoms with E-state index in [1.165, 1.54) is 4.90 Å². The summed E-state index contributed by atoms with van der Waals surface area (Å²) in [5.41, 5.74) is 5.47. The maximum absolute atomic E-state index is 12.2. The molecule has 0 atom stereocenters. The van der Waals surface area contributed by atoms with Crippen molar-refractivity contribution in [3.05, 3.63) is 12.3 Å². The fourth-order valence-electron chi connectivity index (χ4n) is 1.93. The Hall–Kier alpha value is -1.57. The van der Waals surface area contributed by atoms with Gasteiger partial charge in [0.1, 0.15) is 5.82 Å². The highest BCUT2D eigenvalue weighted by Crippen LogP contribution is 2.19. The van der Waals surface area contributed by atoms with E-state index in [-0.39, 0.29) is 5.95 Å². The fraction of sp³-hybridized carbons (Fsp3) is 0.600. The summed E-state index contributed by atoms with van der Waals surface area (Å²) in [6, 6.07) is 1.70. The molecule has 0 radical (unpaired) electrons. The van der Waals surface area contributed by atoms with Gasteiger partial charge in [-0.3, -0.25) is 4.90 Å². The van der Waals surface area contributed by atoms with Crippen LogP contribution in [0.15, 0.2) is 12.3 Å². The Morgan fingerprint density at radius 2 is 1.89 bits per heavy atom. The van der Waals surface area contributed by atoms with Crippen LogP contribution in [0.25, 0.3) is 0 Å². The van der Waals surface area contributed by atoms with E-state index in [1.807, 2.05) is 4.90 Å². The van der Waals surface area contributed by atoms with Crippen LogP contribution in [0.1, 0.15) is 0 Å². The number of rotatable bonds is 2. The monoisotopic (exact) mass is 261 g/mol. The second-order valence-electron chi connectivity index (χ2n) is 4.15. The van der Waals surface area contributed by atoms with Crippen LogP contribution < -0.4 is 10.6 Å². The lowest BCUT2D eigenvalue weighted by Crippen LogP contribution is -2.49. The van der Waals surface area contributed by atoms with Gasteiger partial charge in [0.15, 0.2) is 0 Å². The van der Waals surface area contributed by atoms with Crippen molar-refractivity contribution in [3.63, 3.8) is 0 Å². The SMILES string of the molecule is Nc1nccc(N2CCN(CC(F)(F)F)CC2)n1. The highest BCUT2D eigenvalue weighted by molar-refractivity contribution is 5.41. The first-order valence-electron chi connectivity index (χ1n) is 5.56. The van der Waals surface area contributed by atoms with E-state index >= 15 is 0 Å². The average molecular weight is 261 g/mol. The van der Waals surface area contributed by atoms with Crippen molar-refractivity contribution in [2.24, 2.45) is 0 Å². The first-order chi connectivity index (χ1) is 8.44. The number of piperazine rings is 1. The quantitative estimate of drug-likeness (QED) is 0.851. The summed E-state index contributed by atoms with van der Waals surface area (Å²) >= 11 is 0. The molecule has 0 aliphatic carbocycles. The first-order valence-corrected chi connectivity index (χ1v) is 5.56. The summed E-state index contributed by atoms with van der Waals surface area (Å²) in [7, 11) is 0. The van der Waals surface area contributed by atoms with E-state index in [0.717, 1.165) is 0 Å². The van der Waals surface area contributed by atoms with Gasteiger partial charge >= 0.3 is 6.18 Å². The molecule has 0 amide bonds. The third kappa shape index (κ3) is 3.46. The van der Waals surface area contributed by atoms with Crippen molar-refractivity contribution >= 4 is 11.8 Å². The molecule has 18 heavy (non-hydrogen) atoms. The zero-order chi connectivity index (χ0) is 13.2. The summed E-state index contributed by atoms with van der Waals surface area (Å²) < 4.78 is 36.7. The average Bonchev–Trinajstić information content (AvgIpc) is 2.28. The van der Waals surface area contributed by atoms with E-state index in [4.69, 9.17) is 5.73 Å². The maximum Gasteiger partial charge on any atom is 0.401 e. The summed E-state index contributed by atoms with van der Waals surface area (Å²) in [5.74, 6) is 0.833. The maximum atomic E-state index is 12.2. The van der Waals surface area contributed by atoms with Crippen LogP contribution in [0, 0.1) is 0 Å². The normalized spacial score (nSPS) is 18.1. The summed E-state index contributed by atoms with van der Waals surface area (Å²) in [4.78, 5) is 11.1. The smallest absolute Gasteiger partial charge is 0.368 e. The van der Waals surface area contributed by atoms with E-state index in [1.54, 1.807) is 12.3 Å². The van der Waals surface area contributed by atoms with Crippen LogP contribution in [-0.2, 0) is 0 Å². The molecule has 8 heteroatoms. The van der Waals surface area contributed by atoms with Crippen molar-refractivity contribution in [2.75, 3.05) is 43.4 Å². The Balaban J connectivity index is 1.91. The minimum atomic E-state index is -4.14. The van der Waals surface area contributed by atoms with Gasteiger partial charge in [-0.2, -0.15) is 18.2 Å². The number of hydrogen-bond acceptors (Lipinski definition) is 5. The lowest BCUT2D eigenvalue weighted by molar-refractivity contribution is -0.146. The Morgan fingerprint density at radius 3 is 2.44 bits per heavy atom. The number of alkyl halides is 3. The Bertz CT molecular complexity index is 401. The molecule has 1 aromatic heterocycles. The molecule has 0 unspecified atom stereocenters. The van der Waals surface area contributed by atoms with E-state index < -0.39 is 12.7 Å². The fourth-order valence-corrected chi connectivity index (χ4v) is 1.93. The van der Waals surface area contributed by atoms with Crippen LogP contribution in [0.2, 0.25) is 0 Å². The second-order valence-corrected chi connectivity index (χ2v) is 4.15. The topological polar surface area (TPSA) is 58.3 Å². The lowest BCUT2D eigenvalue weighted by Gasteiger charge is -2.35. The van der Waals surface area contributed by atoms with Crippen molar-refractivity contribution < 1.29 is 13.2 Å². The molecule has 0 aromatic carbocycles. The molecule has 1 aromatic rings. The van der Waals surface area contributed by atoms with Gasteiger partial charge in [0.05, 0.1) is 6.54 Å². The van der Waals surface area contributed by atoms with Crippen molar-refractivity contribution in [3.8, 4) is 0 Å². The molecule has 0 bridgehead atoms. The largest absolute Gasteiger partial charge is 0.401 e. The Labute approximate surface area is 102 Å². The van der Waals surface area contributed by atoms with Gasteiger partial charge in [-0.25, -0.2) is 4.98 Å². The van der Waals surface area contributed by atoms with Crippen molar-refractivity contribution in [1.82, 2.24) is 14.9 Å². The van der Waals surface area contributed by atoms with Gasteiger partial charge in [0.25, 0.3) is 0 Å². The number of hydrogen-bond donors (Lipinski definition) is 1. The van der Waals surface area contributed by atoms with Crippen LogP contribution in [0.4, 0.5) is 24.9 Å². The number of nitrogens with zero attached hydrogens (tertiary/aromatic N) is 4. The third-order valence-electron chi connectivity index (χ3n) is 2.76. The highest BCUT2D eigenvalue weighted by Gasteiger charge is 2.32. The van der Waals surface area contributed by atoms with Gasteiger partial charge in [-0.05, 0) is 6.07 Å². The molecular weight excluding hydrogens is 247 g/mol. The summed E-state index contributed by atoms with van der Waals surface area (Å²) in [5, 5.41) is 0. The Morgan fingerprint density at radius 1 is 1.22 bits per heavy atom. The number of nitrogens with two attached hydrogens (primary N) is 1. The van der Waals surface area contributed by atoms with Crippen LogP contribution >= 0.6 is 0 Å². The molecule has 0 spiro atoms. The minimum absolute atomic E-state index is 0.172. The van der Waals surface area contributed by atoms with E-state index in [0.29, 0.717) is 32.0 Å². The van der Waals surface area contributed by atoms with Crippen LogP contribution in [0.3, 0.4) is 0 Å². The van der Waals surface area contributed by atoms with Gasteiger partial charge in [-0.1, -0.05) is 0 Å². The van der Waals surface area contributed by atoms with Gasteiger partial charge < -0.3 is 10.6 Å². The van der Waals surface area contributed by atoms with Crippen LogP contribution in [-0.4, -0.2) is 53.8 Å². The zero-order valence-electron chi connectivity index (χ0n) is 9.69. The van der Waals surface area contributed by atoms with Gasteiger partial charge in [-0.15, -0.1) is 0 Å². The zero-order valence-corrected chi connectivity index (χ0v) is 9.69. The molecule has 1 aliphatic rings. The lowest BCUT2D eigenvalue weighted by atomic mass is 10.3. The summed E-state index contributed by atoms with van der Waals surface area (Å²) in [6.45, 7) is 0.888. The summed E-state index contributed by atoms with van der Waals surface area (Å²) in [6.07, 6.45) is -2.60. The molecule has 2 N–H and O–H groups in total. The van der Waals surface area contributed by atoms with Crippen molar-refractivity contribution in [1.29, 1.82) is 0 Å². The van der Waals surface area contributed by atoms with Crippen molar-refractivity contribution in [2.45, 2.75) is 6.18 Å². The molecule has 1 fully saturated rings. The first kappa shape index (κ1) is 12.9. The number of aromatic nitrogens is 2. The number of anilines is 2. The predicted molar refractivity (Wildman–Crippen MR) is 61.2 cm³/mol. The molecule has 1 aliphatic heterocycles. The number of halogens is 3. The van der Waals surface area contributed by atoms with Gasteiger partial charge in [0, 0.05) is 32.4 Å². The van der Waals surface area contributed by atoms with E-state index in [9.17, 15) is 13.2 Å². The standard InChI is InChI=1S/C10H14F3N5/c11-10(12,13)7-17-3-5-18(6-4-17)8-1-2-15-9(14)16-8/h1-2H,3-7H2,(H2,14,15,16). The predicted octanol–water partition coefficient (Wildman–Crippen LogP) is 0.743. The Kier molecular flexibility index (Phi) is 3.55. The molecular formula is C10H14F3N5. The van der Waals surface area contributed by atoms with Crippen LogP contribution in [0.5, 0.6) is 0 Å². The molecule has 5 nitrogen and oxygen atoms in total. The molecule has 2 heterocycles.